The number of aliphatic hydroxyl groups is 1. The van der Waals surface area contributed by atoms with Crippen molar-refractivity contribution < 1.29 is 47.4 Å². The Morgan fingerprint density at radius 3 is 2.44 bits per heavy atom. The zero-order valence-corrected chi connectivity index (χ0v) is 25.0. The summed E-state index contributed by atoms with van der Waals surface area (Å²) in [5.41, 5.74) is -5.27. The number of rotatable bonds is 6. The number of likely N-dealkylation sites (tertiary alicyclic amines) is 1. The van der Waals surface area contributed by atoms with E-state index in [4.69, 9.17) is 9.79 Å². The number of β-amino-alcohol motifs (C(OH)–C–C–N with tert-alkyl or cyclic N) is 1. The van der Waals surface area contributed by atoms with E-state index in [9.17, 15) is 37.6 Å². The van der Waals surface area contributed by atoms with Crippen molar-refractivity contribution in [2.45, 2.75) is 81.4 Å². The first-order valence-corrected chi connectivity index (χ1v) is 16.4. The van der Waals surface area contributed by atoms with Crippen molar-refractivity contribution in [3.05, 3.63) is 34.7 Å². The standard InChI is InChI=1S/C27H33F2N4O8PS/c1-14(34)32-12-19(21(35)13-32)31-24(36)20-8-7-17-4-2-3-5-18(26(38)33(17)20)30-25(37)23-11-15-10-16(6-9-22(15)43-23)27(28,29)42(39,40)41/h6,9-11,17-21,35H,2-5,7-8,12-13H2,1H3,(H,30,37)(H,31,36)(H2,39,40,41)/t17-,18-,19-,20-,21-/m0/s1. The minimum Gasteiger partial charge on any atom is -0.389 e. The molecule has 3 fully saturated rings. The van der Waals surface area contributed by atoms with Crippen LogP contribution < -0.4 is 10.6 Å². The molecule has 1 aromatic heterocycles. The van der Waals surface area contributed by atoms with E-state index in [1.807, 2.05) is 0 Å². The lowest BCUT2D eigenvalue weighted by Gasteiger charge is -2.35. The Bertz CT molecular complexity index is 1500. The predicted molar refractivity (Wildman–Crippen MR) is 151 cm³/mol. The smallest absolute Gasteiger partial charge is 0.389 e. The molecule has 0 bridgehead atoms. The van der Waals surface area contributed by atoms with Crippen molar-refractivity contribution in [2.75, 3.05) is 13.1 Å². The quantitative estimate of drug-likeness (QED) is 0.297. The van der Waals surface area contributed by atoms with Crippen LogP contribution in [0.25, 0.3) is 10.1 Å². The lowest BCUT2D eigenvalue weighted by Crippen LogP contribution is -2.58. The molecule has 43 heavy (non-hydrogen) atoms. The highest BCUT2D eigenvalue weighted by Crippen LogP contribution is 2.59. The number of halogens is 2. The lowest BCUT2D eigenvalue weighted by atomic mass is 9.99. The second kappa shape index (κ2) is 11.8. The molecule has 0 saturated carbocycles. The highest BCUT2D eigenvalue weighted by Gasteiger charge is 2.50. The number of aliphatic hydroxyl groups excluding tert-OH is 1. The maximum Gasteiger partial charge on any atom is 0.399 e. The van der Waals surface area contributed by atoms with Crippen LogP contribution in [-0.4, -0.2) is 91.7 Å². The van der Waals surface area contributed by atoms with E-state index >= 15 is 0 Å². The highest BCUT2D eigenvalue weighted by molar-refractivity contribution is 7.52. The fraction of sp³-hybridized carbons (Fsp3) is 0.556. The second-order valence-corrected chi connectivity index (χ2v) is 14.1. The molecular weight excluding hydrogens is 609 g/mol. The number of nitrogens with one attached hydrogen (secondary N) is 2. The van der Waals surface area contributed by atoms with Crippen LogP contribution in [0.3, 0.4) is 0 Å². The SMILES string of the molecule is CC(=O)N1C[C@H](NC(=O)[C@@H]2CC[C@@H]3CCCC[C@H](NC(=O)c4cc5cc(C(F)(F)P(=O)(O)O)ccc5s4)C(=O)N32)[C@@H](O)C1. The van der Waals surface area contributed by atoms with E-state index < -0.39 is 60.8 Å². The number of fused-ring (bicyclic) bond motifs is 2. The Labute approximate surface area is 249 Å². The summed E-state index contributed by atoms with van der Waals surface area (Å²) in [6, 6.07) is 1.83. The molecule has 12 nitrogen and oxygen atoms in total. The summed E-state index contributed by atoms with van der Waals surface area (Å²) >= 11 is 0.985. The van der Waals surface area contributed by atoms with Crippen LogP contribution in [-0.2, 0) is 24.6 Å². The summed E-state index contributed by atoms with van der Waals surface area (Å²) in [4.78, 5) is 73.3. The number of benzene rings is 1. The van der Waals surface area contributed by atoms with Gasteiger partial charge in [0, 0.05) is 36.3 Å². The van der Waals surface area contributed by atoms with E-state index in [-0.39, 0.29) is 35.3 Å². The molecule has 16 heteroatoms. The molecule has 3 saturated heterocycles. The number of amides is 4. The van der Waals surface area contributed by atoms with Gasteiger partial charge in [-0.3, -0.25) is 23.7 Å². The number of carbonyl (C=O) groups excluding carboxylic acids is 4. The van der Waals surface area contributed by atoms with Crippen molar-refractivity contribution in [2.24, 2.45) is 0 Å². The van der Waals surface area contributed by atoms with Crippen LogP contribution in [0.1, 0.15) is 60.7 Å². The average molecular weight is 643 g/mol. The van der Waals surface area contributed by atoms with E-state index in [0.29, 0.717) is 36.8 Å². The molecule has 0 spiro atoms. The lowest BCUT2D eigenvalue weighted by molar-refractivity contribution is -0.143. The summed E-state index contributed by atoms with van der Waals surface area (Å²) in [6.07, 6.45) is 2.58. The Hall–Kier alpha value is -2.97. The summed E-state index contributed by atoms with van der Waals surface area (Å²) in [6.45, 7) is 1.65. The molecule has 4 heterocycles. The third-order valence-electron chi connectivity index (χ3n) is 8.46. The van der Waals surface area contributed by atoms with Crippen LogP contribution >= 0.6 is 18.9 Å². The fourth-order valence-electron chi connectivity index (χ4n) is 6.13. The molecule has 5 atom stereocenters. The summed E-state index contributed by atoms with van der Waals surface area (Å²) < 4.78 is 40.2. The minimum absolute atomic E-state index is 0.107. The summed E-state index contributed by atoms with van der Waals surface area (Å²) in [5, 5.41) is 16.1. The van der Waals surface area contributed by atoms with Crippen LogP contribution in [0.2, 0.25) is 0 Å². The molecule has 3 aliphatic rings. The molecule has 5 N–H and O–H groups in total. The first-order valence-electron chi connectivity index (χ1n) is 14.0. The molecule has 2 aromatic rings. The van der Waals surface area contributed by atoms with Gasteiger partial charge in [-0.2, -0.15) is 8.78 Å². The van der Waals surface area contributed by atoms with Gasteiger partial charge in [-0.15, -0.1) is 11.3 Å². The number of hydrogen-bond donors (Lipinski definition) is 5. The highest BCUT2D eigenvalue weighted by atomic mass is 32.1. The Morgan fingerprint density at radius 1 is 1.05 bits per heavy atom. The van der Waals surface area contributed by atoms with Crippen molar-refractivity contribution in [3.63, 3.8) is 0 Å². The Kier molecular flexibility index (Phi) is 8.67. The fourth-order valence-corrected chi connectivity index (χ4v) is 7.55. The topological polar surface area (TPSA) is 177 Å². The normalized spacial score (nSPS) is 26.7. The third-order valence-corrected chi connectivity index (χ3v) is 10.6. The van der Waals surface area contributed by atoms with E-state index in [1.165, 1.54) is 28.9 Å². The molecule has 0 unspecified atom stereocenters. The predicted octanol–water partition coefficient (Wildman–Crippen LogP) is 1.87. The van der Waals surface area contributed by atoms with Crippen molar-refractivity contribution in [3.8, 4) is 0 Å². The largest absolute Gasteiger partial charge is 0.399 e. The molecule has 3 aliphatic heterocycles. The molecule has 0 radical (unpaired) electrons. The Balaban J connectivity index is 1.31. The molecule has 5 rings (SSSR count). The summed E-state index contributed by atoms with van der Waals surface area (Å²) in [5.74, 6) is -1.66. The van der Waals surface area contributed by atoms with Gasteiger partial charge in [-0.1, -0.05) is 18.9 Å². The first kappa shape index (κ1) is 31.5. The van der Waals surface area contributed by atoms with Gasteiger partial charge in [0.1, 0.15) is 12.1 Å². The van der Waals surface area contributed by atoms with Crippen molar-refractivity contribution in [1.82, 2.24) is 20.4 Å². The minimum atomic E-state index is -5.77. The van der Waals surface area contributed by atoms with Crippen molar-refractivity contribution >= 4 is 52.6 Å². The van der Waals surface area contributed by atoms with Crippen LogP contribution in [0.5, 0.6) is 0 Å². The van der Waals surface area contributed by atoms with Crippen LogP contribution in [0.4, 0.5) is 8.78 Å². The maximum absolute atomic E-state index is 14.2. The maximum atomic E-state index is 14.2. The van der Waals surface area contributed by atoms with Gasteiger partial charge in [-0.05, 0) is 49.3 Å². The molecule has 1 aromatic carbocycles. The number of hydrogen-bond acceptors (Lipinski definition) is 7. The molecular formula is C27H33F2N4O8PS. The number of alkyl halides is 2. The van der Waals surface area contributed by atoms with Gasteiger partial charge >= 0.3 is 13.3 Å². The van der Waals surface area contributed by atoms with Gasteiger partial charge in [0.2, 0.25) is 17.7 Å². The van der Waals surface area contributed by atoms with E-state index in [1.54, 1.807) is 0 Å². The van der Waals surface area contributed by atoms with Crippen LogP contribution in [0, 0.1) is 0 Å². The van der Waals surface area contributed by atoms with E-state index in [2.05, 4.69) is 10.6 Å². The second-order valence-electron chi connectivity index (χ2n) is 11.4. The van der Waals surface area contributed by atoms with Gasteiger partial charge in [0.25, 0.3) is 5.91 Å². The first-order chi connectivity index (χ1) is 20.2. The average Bonchev–Trinajstić information content (AvgIpc) is 3.64. The van der Waals surface area contributed by atoms with Gasteiger partial charge in [0.05, 0.1) is 17.0 Å². The van der Waals surface area contributed by atoms with Crippen LogP contribution in [0.15, 0.2) is 24.3 Å². The molecule has 0 aliphatic carbocycles. The zero-order chi connectivity index (χ0) is 31.3. The van der Waals surface area contributed by atoms with Crippen molar-refractivity contribution in [1.29, 1.82) is 0 Å². The number of carbonyl (C=O) groups is 4. The Morgan fingerprint density at radius 2 is 1.77 bits per heavy atom. The van der Waals surface area contributed by atoms with E-state index in [0.717, 1.165) is 29.9 Å². The molecule has 234 valence electrons. The van der Waals surface area contributed by atoms with Gasteiger partial charge in [-0.25, -0.2) is 0 Å². The summed E-state index contributed by atoms with van der Waals surface area (Å²) in [7, 11) is -5.77. The third kappa shape index (κ3) is 6.18. The van der Waals surface area contributed by atoms with Gasteiger partial charge in [0.15, 0.2) is 0 Å². The molecule has 4 amide bonds. The zero-order valence-electron chi connectivity index (χ0n) is 23.2. The number of nitrogens with zero attached hydrogens (tertiary/aromatic N) is 2. The monoisotopic (exact) mass is 642 g/mol. The number of thiophene rings is 1. The van der Waals surface area contributed by atoms with Gasteiger partial charge < -0.3 is 35.3 Å².